The summed E-state index contributed by atoms with van der Waals surface area (Å²) < 4.78 is 0. The molecule has 2 heterocycles. The number of hydrogen-bond acceptors (Lipinski definition) is 2. The minimum atomic E-state index is 0.425. The maximum Gasteiger partial charge on any atom is 0.0453 e. The van der Waals surface area contributed by atoms with E-state index in [1.807, 2.05) is 12.1 Å². The van der Waals surface area contributed by atoms with Gasteiger partial charge in [0.25, 0.3) is 0 Å². The summed E-state index contributed by atoms with van der Waals surface area (Å²) in [7, 11) is 0. The van der Waals surface area contributed by atoms with Gasteiger partial charge >= 0.3 is 0 Å². The van der Waals surface area contributed by atoms with Crippen LogP contribution in [-0.4, -0.2) is 42.0 Å². The van der Waals surface area contributed by atoms with Crippen LogP contribution in [0.3, 0.4) is 0 Å². The number of rotatable bonds is 2. The molecule has 3 heteroatoms. The van der Waals surface area contributed by atoms with Gasteiger partial charge in [-0.3, -0.25) is 9.80 Å². The summed E-state index contributed by atoms with van der Waals surface area (Å²) in [4.78, 5) is 5.30. The van der Waals surface area contributed by atoms with Crippen LogP contribution in [0.2, 0.25) is 5.02 Å². The van der Waals surface area contributed by atoms with Crippen LogP contribution in [0.5, 0.6) is 0 Å². The van der Waals surface area contributed by atoms with Crippen molar-refractivity contribution < 1.29 is 0 Å². The maximum atomic E-state index is 6.35. The van der Waals surface area contributed by atoms with Crippen LogP contribution in [0, 0.1) is 0 Å². The third kappa shape index (κ3) is 2.81. The van der Waals surface area contributed by atoms with Gasteiger partial charge in [-0.25, -0.2) is 0 Å². The first-order valence-corrected chi connectivity index (χ1v) is 7.86. The van der Waals surface area contributed by atoms with Gasteiger partial charge in [0.05, 0.1) is 0 Å². The van der Waals surface area contributed by atoms with Crippen LogP contribution in [0.25, 0.3) is 0 Å². The molecule has 0 radical (unpaired) electrons. The molecule has 0 N–H and O–H groups in total. The van der Waals surface area contributed by atoms with Crippen molar-refractivity contribution in [3.8, 4) is 0 Å². The lowest BCUT2D eigenvalue weighted by molar-refractivity contribution is 0.182. The molecule has 0 saturated carbocycles. The second-order valence-electron chi connectivity index (χ2n) is 5.88. The molecule has 2 atom stereocenters. The van der Waals surface area contributed by atoms with Gasteiger partial charge in [0, 0.05) is 30.2 Å². The van der Waals surface area contributed by atoms with Crippen molar-refractivity contribution in [1.29, 1.82) is 0 Å². The van der Waals surface area contributed by atoms with Crippen molar-refractivity contribution in [3.05, 3.63) is 34.9 Å². The second kappa shape index (κ2) is 5.82. The predicted octanol–water partition coefficient (Wildman–Crippen LogP) is 3.57. The molecule has 2 saturated heterocycles. The molecule has 0 amide bonds. The van der Waals surface area contributed by atoms with E-state index in [0.717, 1.165) is 11.1 Å². The van der Waals surface area contributed by atoms with Crippen molar-refractivity contribution in [3.63, 3.8) is 0 Å². The van der Waals surface area contributed by atoms with Crippen molar-refractivity contribution in [2.45, 2.75) is 38.3 Å². The molecule has 0 aromatic heterocycles. The fraction of sp³-hybridized carbons (Fsp3) is 0.625. The highest BCUT2D eigenvalue weighted by molar-refractivity contribution is 6.31. The van der Waals surface area contributed by atoms with E-state index in [4.69, 9.17) is 11.6 Å². The molecule has 0 aliphatic carbocycles. The van der Waals surface area contributed by atoms with E-state index in [-0.39, 0.29) is 0 Å². The summed E-state index contributed by atoms with van der Waals surface area (Å²) >= 11 is 6.35. The minimum absolute atomic E-state index is 0.425. The van der Waals surface area contributed by atoms with Gasteiger partial charge in [-0.2, -0.15) is 0 Å². The van der Waals surface area contributed by atoms with Crippen LogP contribution < -0.4 is 0 Å². The first-order chi connectivity index (χ1) is 9.25. The van der Waals surface area contributed by atoms with Gasteiger partial charge in [0.1, 0.15) is 0 Å². The molecular formula is C16H23ClN2. The van der Waals surface area contributed by atoms with Crippen molar-refractivity contribution in [2.75, 3.05) is 26.2 Å². The summed E-state index contributed by atoms with van der Waals surface area (Å²) in [6.07, 6.45) is 4.02. The Kier molecular flexibility index (Phi) is 4.11. The largest absolute Gasteiger partial charge is 0.299 e. The van der Waals surface area contributed by atoms with Crippen LogP contribution >= 0.6 is 11.6 Å². The SMILES string of the molecule is CC(c1ccccc1Cl)N1CCCN2CCCC2C1. The summed E-state index contributed by atoms with van der Waals surface area (Å²) in [6.45, 7) is 7.27. The Morgan fingerprint density at radius 3 is 2.79 bits per heavy atom. The zero-order chi connectivity index (χ0) is 13.2. The number of nitrogens with zero attached hydrogens (tertiary/aromatic N) is 2. The highest BCUT2D eigenvalue weighted by Gasteiger charge is 2.30. The van der Waals surface area contributed by atoms with Crippen LogP contribution in [0.1, 0.15) is 37.8 Å². The Bertz CT molecular complexity index is 435. The lowest BCUT2D eigenvalue weighted by Gasteiger charge is -2.31. The standard InChI is InChI=1S/C16H23ClN2/c1-13(15-7-2-3-8-16(15)17)19-11-5-10-18-9-4-6-14(18)12-19/h2-3,7-8,13-14H,4-6,9-12H2,1H3. The Hall–Kier alpha value is -0.570. The smallest absolute Gasteiger partial charge is 0.0453 e. The average Bonchev–Trinajstić information content (AvgIpc) is 2.76. The van der Waals surface area contributed by atoms with E-state index in [0.29, 0.717) is 6.04 Å². The first kappa shape index (κ1) is 13.4. The highest BCUT2D eigenvalue weighted by atomic mass is 35.5. The summed E-state index contributed by atoms with van der Waals surface area (Å²) in [5.41, 5.74) is 1.27. The molecule has 2 unspecified atom stereocenters. The van der Waals surface area contributed by atoms with Crippen molar-refractivity contribution >= 4 is 11.6 Å². The number of benzene rings is 1. The van der Waals surface area contributed by atoms with Crippen LogP contribution in [0.15, 0.2) is 24.3 Å². The second-order valence-corrected chi connectivity index (χ2v) is 6.29. The predicted molar refractivity (Wildman–Crippen MR) is 80.7 cm³/mol. The Labute approximate surface area is 121 Å². The third-order valence-corrected chi connectivity index (χ3v) is 5.08. The molecule has 3 rings (SSSR count). The molecule has 2 fully saturated rings. The molecule has 2 aliphatic heterocycles. The Morgan fingerprint density at radius 1 is 1.16 bits per heavy atom. The van der Waals surface area contributed by atoms with E-state index in [9.17, 15) is 0 Å². The molecule has 2 aliphatic rings. The quantitative estimate of drug-likeness (QED) is 0.816. The number of fused-ring (bicyclic) bond motifs is 1. The van der Waals surface area contributed by atoms with Gasteiger partial charge in [0.2, 0.25) is 0 Å². The lowest BCUT2D eigenvalue weighted by atomic mass is 10.1. The molecule has 19 heavy (non-hydrogen) atoms. The monoisotopic (exact) mass is 278 g/mol. The normalized spacial score (nSPS) is 26.9. The highest BCUT2D eigenvalue weighted by Crippen LogP contribution is 2.30. The summed E-state index contributed by atoms with van der Waals surface area (Å²) in [6, 6.07) is 9.48. The van der Waals surface area contributed by atoms with E-state index in [1.165, 1.54) is 51.0 Å². The van der Waals surface area contributed by atoms with Gasteiger partial charge in [-0.05, 0) is 50.9 Å². The molecule has 104 valence electrons. The number of halogens is 1. The zero-order valence-corrected chi connectivity index (χ0v) is 12.4. The van der Waals surface area contributed by atoms with Gasteiger partial charge < -0.3 is 0 Å². The molecular weight excluding hydrogens is 256 g/mol. The fourth-order valence-corrected chi connectivity index (χ4v) is 3.89. The third-order valence-electron chi connectivity index (χ3n) is 4.74. The topological polar surface area (TPSA) is 6.48 Å². The van der Waals surface area contributed by atoms with Crippen molar-refractivity contribution in [1.82, 2.24) is 9.80 Å². The fourth-order valence-electron chi connectivity index (χ4n) is 3.60. The Morgan fingerprint density at radius 2 is 1.95 bits per heavy atom. The van der Waals surface area contributed by atoms with E-state index >= 15 is 0 Å². The van der Waals surface area contributed by atoms with Gasteiger partial charge in [-0.15, -0.1) is 0 Å². The van der Waals surface area contributed by atoms with Crippen molar-refractivity contribution in [2.24, 2.45) is 0 Å². The Balaban J connectivity index is 1.76. The first-order valence-electron chi connectivity index (χ1n) is 7.48. The molecule has 0 bridgehead atoms. The molecule has 1 aromatic rings. The molecule has 0 spiro atoms. The van der Waals surface area contributed by atoms with Crippen LogP contribution in [-0.2, 0) is 0 Å². The summed E-state index contributed by atoms with van der Waals surface area (Å²) in [5, 5.41) is 0.905. The van der Waals surface area contributed by atoms with Gasteiger partial charge in [0.15, 0.2) is 0 Å². The average molecular weight is 279 g/mol. The lowest BCUT2D eigenvalue weighted by Crippen LogP contribution is -2.37. The zero-order valence-electron chi connectivity index (χ0n) is 11.7. The van der Waals surface area contributed by atoms with E-state index < -0.39 is 0 Å². The van der Waals surface area contributed by atoms with E-state index in [2.05, 4.69) is 28.9 Å². The number of hydrogen-bond donors (Lipinski definition) is 0. The van der Waals surface area contributed by atoms with Gasteiger partial charge in [-0.1, -0.05) is 29.8 Å². The molecule has 1 aromatic carbocycles. The molecule has 2 nitrogen and oxygen atoms in total. The minimum Gasteiger partial charge on any atom is -0.299 e. The summed E-state index contributed by atoms with van der Waals surface area (Å²) in [5.74, 6) is 0. The maximum absolute atomic E-state index is 6.35. The van der Waals surface area contributed by atoms with E-state index in [1.54, 1.807) is 0 Å². The van der Waals surface area contributed by atoms with Crippen LogP contribution in [0.4, 0.5) is 0 Å².